The fourth-order valence-corrected chi connectivity index (χ4v) is 0.687. The van der Waals surface area contributed by atoms with E-state index in [1.165, 1.54) is 12.4 Å². The number of anilines is 1. The Morgan fingerprint density at radius 1 is 1.36 bits per heavy atom. The maximum absolute atomic E-state index is 12.5. The van der Waals surface area contributed by atoms with Crippen LogP contribution in [-0.2, 0) is 5.92 Å². The van der Waals surface area contributed by atoms with Crippen molar-refractivity contribution in [2.45, 2.75) is 12.8 Å². The summed E-state index contributed by atoms with van der Waals surface area (Å²) in [6.07, 6.45) is 2.45. The third kappa shape index (κ3) is 1.60. The van der Waals surface area contributed by atoms with Crippen molar-refractivity contribution in [3.05, 3.63) is 18.1 Å². The lowest BCUT2D eigenvalue weighted by atomic mass is 10.2. The zero-order chi connectivity index (χ0) is 8.48. The van der Waals surface area contributed by atoms with Gasteiger partial charge < -0.3 is 5.73 Å². The van der Waals surface area contributed by atoms with E-state index in [0.717, 1.165) is 6.92 Å². The Bertz CT molecular complexity index is 256. The van der Waals surface area contributed by atoms with E-state index in [-0.39, 0.29) is 5.82 Å². The molecule has 0 aliphatic carbocycles. The van der Waals surface area contributed by atoms with Crippen LogP contribution in [0.25, 0.3) is 0 Å². The van der Waals surface area contributed by atoms with Crippen LogP contribution in [0.15, 0.2) is 12.4 Å². The minimum atomic E-state index is -3.02. The summed E-state index contributed by atoms with van der Waals surface area (Å²) in [7, 11) is 0. The molecule has 5 heteroatoms. The highest BCUT2D eigenvalue weighted by Gasteiger charge is 2.29. The van der Waals surface area contributed by atoms with Gasteiger partial charge in [0.2, 0.25) is 0 Å². The molecular formula is C6H7F2N3. The molecule has 0 spiro atoms. The lowest BCUT2D eigenvalue weighted by Crippen LogP contribution is -2.13. The van der Waals surface area contributed by atoms with Crippen LogP contribution in [0.5, 0.6) is 0 Å². The highest BCUT2D eigenvalue weighted by molar-refractivity contribution is 5.35. The number of hydrogen-bond donors (Lipinski definition) is 1. The van der Waals surface area contributed by atoms with Gasteiger partial charge in [0, 0.05) is 19.3 Å². The van der Waals surface area contributed by atoms with Crippen molar-refractivity contribution >= 4 is 5.82 Å². The molecule has 0 saturated heterocycles. The Kier molecular flexibility index (Phi) is 1.72. The van der Waals surface area contributed by atoms with Crippen LogP contribution in [0.2, 0.25) is 0 Å². The molecule has 0 aromatic carbocycles. The molecule has 0 aliphatic rings. The molecule has 0 atom stereocenters. The maximum Gasteiger partial charge on any atom is 0.290 e. The van der Waals surface area contributed by atoms with E-state index in [1.54, 1.807) is 0 Å². The summed E-state index contributed by atoms with van der Waals surface area (Å²) >= 11 is 0. The second kappa shape index (κ2) is 2.41. The normalized spacial score (nSPS) is 11.5. The van der Waals surface area contributed by atoms with Gasteiger partial charge in [-0.2, -0.15) is 8.78 Å². The quantitative estimate of drug-likeness (QED) is 0.669. The van der Waals surface area contributed by atoms with Crippen LogP contribution in [0, 0.1) is 0 Å². The van der Waals surface area contributed by atoms with E-state index < -0.39 is 11.6 Å². The Hall–Kier alpha value is -1.26. The van der Waals surface area contributed by atoms with Crippen LogP contribution in [0.1, 0.15) is 12.6 Å². The lowest BCUT2D eigenvalue weighted by Gasteiger charge is -2.09. The first kappa shape index (κ1) is 7.84. The van der Waals surface area contributed by atoms with E-state index in [9.17, 15) is 8.78 Å². The van der Waals surface area contributed by atoms with E-state index in [2.05, 4.69) is 9.97 Å². The van der Waals surface area contributed by atoms with Gasteiger partial charge in [0.1, 0.15) is 0 Å². The topological polar surface area (TPSA) is 51.8 Å². The molecule has 1 rings (SSSR count). The first-order chi connectivity index (χ1) is 5.02. The van der Waals surface area contributed by atoms with Crippen molar-refractivity contribution in [2.24, 2.45) is 0 Å². The average molecular weight is 159 g/mol. The minimum absolute atomic E-state index is 0.222. The molecule has 0 aliphatic heterocycles. The Morgan fingerprint density at radius 3 is 2.27 bits per heavy atom. The van der Waals surface area contributed by atoms with Crippen molar-refractivity contribution in [3.63, 3.8) is 0 Å². The van der Waals surface area contributed by atoms with E-state index in [0.29, 0.717) is 0 Å². The first-order valence-electron chi connectivity index (χ1n) is 2.96. The fraction of sp³-hybridized carbons (Fsp3) is 0.333. The molecule has 1 aromatic heterocycles. The summed E-state index contributed by atoms with van der Waals surface area (Å²) < 4.78 is 25.1. The SMILES string of the molecule is CC(F)(F)c1nccnc1N. The lowest BCUT2D eigenvalue weighted by molar-refractivity contribution is 0.0133. The number of nitrogens with two attached hydrogens (primary N) is 1. The summed E-state index contributed by atoms with van der Waals surface area (Å²) in [5.41, 5.74) is 4.68. The molecule has 0 bridgehead atoms. The summed E-state index contributed by atoms with van der Waals surface area (Å²) in [4.78, 5) is 6.89. The minimum Gasteiger partial charge on any atom is -0.382 e. The van der Waals surface area contributed by atoms with Crippen molar-refractivity contribution < 1.29 is 8.78 Å². The van der Waals surface area contributed by atoms with Gasteiger partial charge in [0.15, 0.2) is 11.5 Å². The van der Waals surface area contributed by atoms with Crippen molar-refractivity contribution in [2.75, 3.05) is 5.73 Å². The molecule has 0 unspecified atom stereocenters. The molecule has 0 fully saturated rings. The van der Waals surface area contributed by atoms with Crippen LogP contribution >= 0.6 is 0 Å². The zero-order valence-corrected chi connectivity index (χ0v) is 5.88. The summed E-state index contributed by atoms with van der Waals surface area (Å²) in [5.74, 6) is -3.24. The van der Waals surface area contributed by atoms with Gasteiger partial charge in [0.25, 0.3) is 5.92 Å². The monoisotopic (exact) mass is 159 g/mol. The van der Waals surface area contributed by atoms with Gasteiger partial charge >= 0.3 is 0 Å². The Morgan fingerprint density at radius 2 is 1.91 bits per heavy atom. The standard InChI is InChI=1S/C6H7F2N3/c1-6(7,8)4-5(9)11-3-2-10-4/h2-3H,1H3,(H2,9,11). The number of halogens is 2. The highest BCUT2D eigenvalue weighted by atomic mass is 19.3. The van der Waals surface area contributed by atoms with Crippen LogP contribution in [0.4, 0.5) is 14.6 Å². The van der Waals surface area contributed by atoms with E-state index in [1.807, 2.05) is 0 Å². The first-order valence-corrected chi connectivity index (χ1v) is 2.96. The van der Waals surface area contributed by atoms with Crippen molar-refractivity contribution in [1.82, 2.24) is 9.97 Å². The number of hydrogen-bond acceptors (Lipinski definition) is 3. The molecule has 0 amide bonds. The van der Waals surface area contributed by atoms with Gasteiger partial charge in [-0.3, -0.25) is 0 Å². The Balaban J connectivity index is 3.14. The average Bonchev–Trinajstić information content (AvgIpc) is 1.86. The molecule has 1 aromatic rings. The van der Waals surface area contributed by atoms with Crippen molar-refractivity contribution in [3.8, 4) is 0 Å². The number of nitrogen functional groups attached to an aromatic ring is 1. The number of aromatic nitrogens is 2. The number of alkyl halides is 2. The molecular weight excluding hydrogens is 152 g/mol. The van der Waals surface area contributed by atoms with E-state index in [4.69, 9.17) is 5.73 Å². The van der Waals surface area contributed by atoms with Gasteiger partial charge in [-0.25, -0.2) is 9.97 Å². The van der Waals surface area contributed by atoms with Gasteiger partial charge in [0.05, 0.1) is 0 Å². The zero-order valence-electron chi connectivity index (χ0n) is 5.88. The second-order valence-corrected chi connectivity index (χ2v) is 2.18. The summed E-state index contributed by atoms with van der Waals surface area (Å²) in [6, 6.07) is 0. The number of rotatable bonds is 1. The Labute approximate surface area is 62.3 Å². The van der Waals surface area contributed by atoms with Gasteiger partial charge in [-0.15, -0.1) is 0 Å². The predicted octanol–water partition coefficient (Wildman–Crippen LogP) is 1.17. The molecule has 60 valence electrons. The largest absolute Gasteiger partial charge is 0.382 e. The molecule has 1 heterocycles. The molecule has 0 radical (unpaired) electrons. The van der Waals surface area contributed by atoms with E-state index >= 15 is 0 Å². The maximum atomic E-state index is 12.5. The van der Waals surface area contributed by atoms with Gasteiger partial charge in [-0.1, -0.05) is 0 Å². The van der Waals surface area contributed by atoms with Crippen molar-refractivity contribution in [1.29, 1.82) is 0 Å². The predicted molar refractivity (Wildman–Crippen MR) is 36.0 cm³/mol. The second-order valence-electron chi connectivity index (χ2n) is 2.18. The van der Waals surface area contributed by atoms with Crippen LogP contribution < -0.4 is 5.73 Å². The smallest absolute Gasteiger partial charge is 0.290 e. The van der Waals surface area contributed by atoms with Crippen LogP contribution in [-0.4, -0.2) is 9.97 Å². The molecule has 0 saturated carbocycles. The molecule has 11 heavy (non-hydrogen) atoms. The summed E-state index contributed by atoms with van der Waals surface area (Å²) in [6.45, 7) is 0.730. The van der Waals surface area contributed by atoms with Crippen LogP contribution in [0.3, 0.4) is 0 Å². The molecule has 3 nitrogen and oxygen atoms in total. The third-order valence-corrected chi connectivity index (χ3v) is 1.14. The fourth-order valence-electron chi connectivity index (χ4n) is 0.687. The van der Waals surface area contributed by atoms with Gasteiger partial charge in [-0.05, 0) is 0 Å². The third-order valence-electron chi connectivity index (χ3n) is 1.14. The highest BCUT2D eigenvalue weighted by Crippen LogP contribution is 2.27. The molecule has 2 N–H and O–H groups in total. The summed E-state index contributed by atoms with van der Waals surface area (Å²) in [5, 5.41) is 0. The number of nitrogens with zero attached hydrogens (tertiary/aromatic N) is 2.